The van der Waals surface area contributed by atoms with Crippen molar-refractivity contribution in [3.63, 3.8) is 0 Å². The molecule has 36 nitrogen and oxygen atoms in total. The highest BCUT2D eigenvalue weighted by Gasteiger charge is 2.39. The third-order valence-corrected chi connectivity index (χ3v) is 22.7. The van der Waals surface area contributed by atoms with Gasteiger partial charge in [0.2, 0.25) is 0 Å². The second kappa shape index (κ2) is 37.6. The molecule has 3 N–H and O–H groups in total. The Morgan fingerprint density at radius 3 is 0.923 bits per heavy atom. The molecule has 0 radical (unpaired) electrons. The maximum atomic E-state index is 13.4. The summed E-state index contributed by atoms with van der Waals surface area (Å²) in [5.74, 6) is 1.89. The molecule has 6 saturated heterocycles. The summed E-state index contributed by atoms with van der Waals surface area (Å²) in [6.45, 7) is 7.86. The van der Waals surface area contributed by atoms with Gasteiger partial charge in [-0.1, -0.05) is 0 Å². The maximum Gasteiger partial charge on any atom is 0.328 e. The van der Waals surface area contributed by atoms with E-state index in [9.17, 15) is 58.9 Å². The number of methoxy groups -OCH3 is 6. The van der Waals surface area contributed by atoms with Crippen LogP contribution in [0.1, 0.15) is 139 Å². The van der Waals surface area contributed by atoms with Crippen molar-refractivity contribution in [2.24, 2.45) is 0 Å². The van der Waals surface area contributed by atoms with Crippen LogP contribution in [0, 0.1) is 34.0 Å². The molecule has 15 rings (SSSR count). The number of aldehydes is 3. The number of hydrogen-bond acceptors (Lipinski definition) is 27. The SMILES string of the molecule is COC1CCN(Cc2cc3c(nc2C=O)N(C(=O)Nc2cc(N4CC[C@H](OC)C4)c(C#N)cn2)CCC3)C1=O.CO[C@@H]1CCN(c2cc(NC(=O)N3CCCc4cc(CN5CC[C@@H](OC)C5=O)c(C=O)nc43)ncc2C#N)C1.CO[C@H]1CCN(c2cc(NC(=O)N3CCCc4cc(CN5CC[C@@H](OC)C5=O)c(C=O)nc43)ncc2C#N)C1. The minimum atomic E-state index is -0.460. The van der Waals surface area contributed by atoms with Crippen LogP contribution < -0.4 is 45.3 Å². The van der Waals surface area contributed by atoms with E-state index in [-0.39, 0.29) is 72.7 Å². The van der Waals surface area contributed by atoms with Crippen molar-refractivity contribution in [3.8, 4) is 18.2 Å². The van der Waals surface area contributed by atoms with Gasteiger partial charge < -0.3 is 57.8 Å². The standard InChI is InChI=1S/3C27H31N7O5/c3*1-38-20-5-8-32(15-20)22-11-24(29-13-19(22)12-28)31-27(37)34-7-3-4-17-10-18(21(16-35)30-25(17)34)14-33-9-6-23(39-2)26(33)36/h3*10-11,13,16,20,23H,3-9,14-15H2,1-2H3,(H,29,31,37)/t20-,23?;20-,23+;20-,23-/m001/s1. The average molecular weight is 1600 g/mol. The zero-order valence-corrected chi connectivity index (χ0v) is 66.2. The average Bonchev–Trinajstić information content (AvgIpc) is 0.866. The summed E-state index contributed by atoms with van der Waals surface area (Å²) in [5.41, 5.74) is 8.39. The number of aryl methyl sites for hydroxylation is 3. The van der Waals surface area contributed by atoms with E-state index in [1.807, 2.05) is 18.2 Å². The van der Waals surface area contributed by atoms with Gasteiger partial charge in [-0.15, -0.1) is 0 Å². The molecule has 9 amide bonds. The van der Waals surface area contributed by atoms with Crippen LogP contribution in [0.25, 0.3) is 0 Å². The van der Waals surface area contributed by atoms with Crippen LogP contribution in [0.4, 0.5) is 66.4 Å². The van der Waals surface area contributed by atoms with Crippen LogP contribution in [-0.4, -0.2) is 257 Å². The summed E-state index contributed by atoms with van der Waals surface area (Å²) in [5, 5.41) is 37.2. The fraction of sp³-hybridized carbons (Fsp3) is 0.481. The second-order valence-electron chi connectivity index (χ2n) is 29.6. The highest BCUT2D eigenvalue weighted by molar-refractivity contribution is 6.04. The van der Waals surface area contributed by atoms with E-state index in [0.717, 1.165) is 55.6 Å². The van der Waals surface area contributed by atoms with E-state index in [1.54, 1.807) is 54.2 Å². The van der Waals surface area contributed by atoms with Crippen molar-refractivity contribution in [2.45, 2.75) is 133 Å². The first kappa shape index (κ1) is 82.7. The van der Waals surface area contributed by atoms with Gasteiger partial charge in [-0.05, 0) is 92.7 Å². The van der Waals surface area contributed by atoms with Crippen molar-refractivity contribution in [1.29, 1.82) is 15.8 Å². The number of urea groups is 3. The van der Waals surface area contributed by atoms with Gasteiger partial charge in [-0.2, -0.15) is 15.8 Å². The zero-order chi connectivity index (χ0) is 82.6. The van der Waals surface area contributed by atoms with Crippen molar-refractivity contribution in [2.75, 3.05) is 167 Å². The lowest BCUT2D eigenvalue weighted by Gasteiger charge is -2.29. The van der Waals surface area contributed by atoms with Crippen LogP contribution in [0.5, 0.6) is 0 Å². The Bertz CT molecular complexity index is 4460. The van der Waals surface area contributed by atoms with E-state index in [1.165, 1.54) is 54.6 Å². The highest BCUT2D eigenvalue weighted by atomic mass is 16.5. The van der Waals surface area contributed by atoms with Crippen molar-refractivity contribution < 1.29 is 71.6 Å². The van der Waals surface area contributed by atoms with Gasteiger partial charge in [0.05, 0.1) is 52.1 Å². The zero-order valence-electron chi connectivity index (χ0n) is 66.2. The van der Waals surface area contributed by atoms with Gasteiger partial charge in [-0.25, -0.2) is 44.3 Å². The number of aromatic nitrogens is 6. The number of carbonyl (C=O) groups excluding carboxylic acids is 9. The van der Waals surface area contributed by atoms with E-state index >= 15 is 0 Å². The van der Waals surface area contributed by atoms with Crippen LogP contribution in [0.2, 0.25) is 0 Å². The number of nitrogens with zero attached hydrogens (tertiary/aromatic N) is 18. The number of ether oxygens (including phenoxy) is 6. The minimum Gasteiger partial charge on any atom is -0.380 e. The van der Waals surface area contributed by atoms with Gasteiger partial charge in [0.25, 0.3) is 17.7 Å². The smallest absolute Gasteiger partial charge is 0.328 e. The predicted octanol–water partition coefficient (Wildman–Crippen LogP) is 6.35. The van der Waals surface area contributed by atoms with Crippen LogP contribution in [-0.2, 0) is 81.7 Å². The fourth-order valence-corrected chi connectivity index (χ4v) is 16.4. The first-order valence-corrected chi connectivity index (χ1v) is 39.0. The lowest BCUT2D eigenvalue weighted by molar-refractivity contribution is -0.137. The van der Waals surface area contributed by atoms with Crippen LogP contribution >= 0.6 is 0 Å². The Morgan fingerprint density at radius 1 is 0.410 bits per heavy atom. The van der Waals surface area contributed by atoms with Crippen LogP contribution in [0.3, 0.4) is 0 Å². The Hall–Kier alpha value is -12.2. The molecule has 6 aromatic rings. The van der Waals surface area contributed by atoms with E-state index in [0.29, 0.717) is 221 Å². The number of hydrogen-bond donors (Lipinski definition) is 3. The Kier molecular flexibility index (Phi) is 26.6. The normalized spacial score (nSPS) is 20.6. The molecule has 9 aliphatic rings. The summed E-state index contributed by atoms with van der Waals surface area (Å²) < 4.78 is 32.0. The Morgan fingerprint density at radius 2 is 0.692 bits per heavy atom. The second-order valence-corrected chi connectivity index (χ2v) is 29.6. The summed E-state index contributed by atoms with van der Waals surface area (Å²) in [4.78, 5) is 156. The lowest BCUT2D eigenvalue weighted by Crippen LogP contribution is -2.40. The summed E-state index contributed by atoms with van der Waals surface area (Å²) in [6, 6.07) is 16.0. The molecule has 36 heteroatoms. The van der Waals surface area contributed by atoms with Gasteiger partial charge in [0.1, 0.15) is 88.5 Å². The molecule has 0 bridgehead atoms. The number of anilines is 9. The van der Waals surface area contributed by atoms with E-state index < -0.39 is 36.4 Å². The number of pyridine rings is 6. The van der Waals surface area contributed by atoms with Crippen LogP contribution in [0.15, 0.2) is 55.0 Å². The summed E-state index contributed by atoms with van der Waals surface area (Å²) in [7, 11) is 9.55. The Labute approximate surface area is 675 Å². The van der Waals surface area contributed by atoms with E-state index in [4.69, 9.17) is 28.4 Å². The number of likely N-dealkylation sites (tertiary alicyclic amines) is 3. The molecular formula is C81H93N21O15. The Balaban J connectivity index is 0.000000152. The summed E-state index contributed by atoms with van der Waals surface area (Å²) >= 11 is 0. The van der Waals surface area contributed by atoms with Gasteiger partial charge in [-0.3, -0.25) is 59.4 Å². The molecule has 0 saturated carbocycles. The first-order chi connectivity index (χ1) is 56.8. The molecule has 0 aliphatic carbocycles. The monoisotopic (exact) mass is 1600 g/mol. The molecule has 9 aliphatic heterocycles. The fourth-order valence-electron chi connectivity index (χ4n) is 16.4. The molecule has 6 aromatic heterocycles. The number of rotatable bonds is 21. The van der Waals surface area contributed by atoms with Gasteiger partial charge >= 0.3 is 18.1 Å². The predicted molar refractivity (Wildman–Crippen MR) is 425 cm³/mol. The molecular weight excluding hydrogens is 1510 g/mol. The topological polar surface area (TPSA) is 423 Å². The van der Waals surface area contributed by atoms with E-state index in [2.05, 4.69) is 78.8 Å². The third kappa shape index (κ3) is 18.2. The molecule has 612 valence electrons. The lowest BCUT2D eigenvalue weighted by atomic mass is 10.0. The van der Waals surface area contributed by atoms with Crippen molar-refractivity contribution in [1.82, 2.24) is 44.6 Å². The number of amides is 9. The molecule has 6 fully saturated rings. The first-order valence-electron chi connectivity index (χ1n) is 39.0. The molecule has 15 heterocycles. The molecule has 6 atom stereocenters. The third-order valence-electron chi connectivity index (χ3n) is 22.7. The van der Waals surface area contributed by atoms with Crippen molar-refractivity contribution >= 4 is 107 Å². The quantitative estimate of drug-likeness (QED) is 0.0660. The molecule has 1 unspecified atom stereocenters. The minimum absolute atomic E-state index is 0.0839. The molecule has 0 spiro atoms. The van der Waals surface area contributed by atoms with Gasteiger partial charge in [0.15, 0.2) is 18.9 Å². The number of carbonyl (C=O) groups is 9. The van der Waals surface area contributed by atoms with Gasteiger partial charge in [0, 0.05) is 214 Å². The molecule has 117 heavy (non-hydrogen) atoms. The number of nitriles is 3. The highest BCUT2D eigenvalue weighted by Crippen LogP contribution is 2.37. The largest absolute Gasteiger partial charge is 0.380 e. The molecule has 0 aromatic carbocycles. The number of fused-ring (bicyclic) bond motifs is 3. The summed E-state index contributed by atoms with van der Waals surface area (Å²) in [6.07, 6.45) is 13.8. The number of nitrogens with one attached hydrogen (secondary N) is 3. The maximum absolute atomic E-state index is 13.4. The van der Waals surface area contributed by atoms with Crippen molar-refractivity contribution in [3.05, 3.63) is 122 Å².